The summed E-state index contributed by atoms with van der Waals surface area (Å²) in [6.07, 6.45) is 6.16. The van der Waals surface area contributed by atoms with Crippen molar-refractivity contribution in [3.05, 3.63) is 60.3 Å². The Labute approximate surface area is 148 Å². The molecular weight excluding hydrogens is 331 g/mol. The van der Waals surface area contributed by atoms with Gasteiger partial charge in [-0.25, -0.2) is 19.3 Å². The summed E-state index contributed by atoms with van der Waals surface area (Å²) in [5, 5.41) is 3.29. The molecule has 4 heterocycles. The number of nitrogens with one attached hydrogen (secondary N) is 1. The van der Waals surface area contributed by atoms with Crippen molar-refractivity contribution < 1.29 is 4.39 Å². The number of hydrogen-bond acceptors (Lipinski definition) is 5. The molecule has 0 fully saturated rings. The van der Waals surface area contributed by atoms with Crippen LogP contribution in [0.2, 0.25) is 0 Å². The average Bonchev–Trinajstić information content (AvgIpc) is 3.31. The molecule has 0 atom stereocenters. The van der Waals surface area contributed by atoms with Crippen LogP contribution in [-0.4, -0.2) is 25.9 Å². The molecule has 1 aliphatic rings. The Kier molecular flexibility index (Phi) is 3.15. The van der Waals surface area contributed by atoms with Crippen molar-refractivity contribution in [2.45, 2.75) is 6.42 Å². The van der Waals surface area contributed by atoms with Crippen molar-refractivity contribution >= 4 is 17.3 Å². The molecule has 0 saturated carbocycles. The lowest BCUT2D eigenvalue weighted by Crippen LogP contribution is -2.05. The Bertz CT molecular complexity index is 1150. The molecule has 0 unspecified atom stereocenters. The van der Waals surface area contributed by atoms with Crippen LogP contribution in [0.4, 0.5) is 16.0 Å². The monoisotopic (exact) mass is 346 g/mol. The normalized spacial score (nSPS) is 13.0. The molecule has 0 amide bonds. The van der Waals surface area contributed by atoms with Gasteiger partial charge in [-0.2, -0.15) is 0 Å². The molecule has 3 N–H and O–H groups in total. The molecule has 0 bridgehead atoms. The smallest absolute Gasteiger partial charge is 0.180 e. The molecule has 0 radical (unpaired) electrons. The number of hydrogen-bond donors (Lipinski definition) is 2. The summed E-state index contributed by atoms with van der Waals surface area (Å²) in [5.41, 5.74) is 10.9. The van der Waals surface area contributed by atoms with Crippen LogP contribution in [0.25, 0.3) is 28.2 Å². The summed E-state index contributed by atoms with van der Waals surface area (Å²) in [7, 11) is 0. The fourth-order valence-corrected chi connectivity index (χ4v) is 3.53. The number of nitrogen functional groups attached to an aromatic ring is 1. The zero-order valence-corrected chi connectivity index (χ0v) is 13.8. The molecule has 5 rings (SSSR count). The van der Waals surface area contributed by atoms with Crippen molar-refractivity contribution in [2.75, 3.05) is 17.6 Å². The molecule has 26 heavy (non-hydrogen) atoms. The van der Waals surface area contributed by atoms with E-state index in [9.17, 15) is 4.39 Å². The van der Waals surface area contributed by atoms with Crippen LogP contribution < -0.4 is 11.1 Å². The first-order chi connectivity index (χ1) is 12.7. The van der Waals surface area contributed by atoms with E-state index < -0.39 is 0 Å². The molecule has 6 nitrogen and oxygen atoms in total. The highest BCUT2D eigenvalue weighted by molar-refractivity contribution is 5.86. The van der Waals surface area contributed by atoms with Gasteiger partial charge in [0.15, 0.2) is 11.5 Å². The second-order valence-corrected chi connectivity index (χ2v) is 6.19. The number of anilines is 2. The number of halogens is 1. The van der Waals surface area contributed by atoms with Gasteiger partial charge in [0.1, 0.15) is 11.6 Å². The van der Waals surface area contributed by atoms with E-state index in [1.165, 1.54) is 12.1 Å². The third kappa shape index (κ3) is 2.13. The summed E-state index contributed by atoms with van der Waals surface area (Å²) < 4.78 is 15.8. The minimum absolute atomic E-state index is 0.307. The zero-order valence-electron chi connectivity index (χ0n) is 13.8. The number of nitrogens with zero attached hydrogens (tertiary/aromatic N) is 4. The number of nitrogens with two attached hydrogens (primary N) is 1. The van der Waals surface area contributed by atoms with E-state index >= 15 is 0 Å². The maximum Gasteiger partial charge on any atom is 0.180 e. The van der Waals surface area contributed by atoms with Crippen molar-refractivity contribution in [1.82, 2.24) is 19.4 Å². The molecule has 3 aromatic heterocycles. The first-order valence-electron chi connectivity index (χ1n) is 8.33. The van der Waals surface area contributed by atoms with Gasteiger partial charge in [0.2, 0.25) is 0 Å². The summed E-state index contributed by atoms with van der Waals surface area (Å²) in [6.45, 7) is 0.837. The van der Waals surface area contributed by atoms with E-state index in [0.717, 1.165) is 35.6 Å². The van der Waals surface area contributed by atoms with Gasteiger partial charge in [0.05, 0.1) is 11.4 Å². The third-order valence-corrected chi connectivity index (χ3v) is 4.64. The molecule has 0 aliphatic carbocycles. The lowest BCUT2D eigenvalue weighted by molar-refractivity contribution is 0.628. The van der Waals surface area contributed by atoms with Crippen LogP contribution >= 0.6 is 0 Å². The van der Waals surface area contributed by atoms with Gasteiger partial charge >= 0.3 is 0 Å². The second kappa shape index (κ2) is 5.52. The van der Waals surface area contributed by atoms with E-state index in [1.54, 1.807) is 18.5 Å². The number of rotatable bonds is 2. The Balaban J connectivity index is 1.89. The van der Waals surface area contributed by atoms with Gasteiger partial charge in [0.25, 0.3) is 0 Å². The topological polar surface area (TPSA) is 81.1 Å². The Hall–Kier alpha value is -3.48. The lowest BCUT2D eigenvalue weighted by atomic mass is 9.99. The number of aromatic nitrogens is 4. The quantitative estimate of drug-likeness (QED) is 0.583. The summed E-state index contributed by atoms with van der Waals surface area (Å²) >= 11 is 0. The Morgan fingerprint density at radius 2 is 2.08 bits per heavy atom. The average molecular weight is 346 g/mol. The molecule has 4 aromatic rings. The van der Waals surface area contributed by atoms with E-state index in [1.807, 2.05) is 22.7 Å². The van der Waals surface area contributed by atoms with Crippen LogP contribution in [0, 0.1) is 5.82 Å². The predicted molar refractivity (Wildman–Crippen MR) is 98.2 cm³/mol. The van der Waals surface area contributed by atoms with Crippen molar-refractivity contribution in [1.29, 1.82) is 0 Å². The largest absolute Gasteiger partial charge is 0.381 e. The SMILES string of the molecule is Nc1nc(-c2cccc(F)c2)c(-c2ccnc3c2CCN3)n2ccnc12. The third-order valence-electron chi connectivity index (χ3n) is 4.64. The van der Waals surface area contributed by atoms with Crippen LogP contribution in [0.1, 0.15) is 5.56 Å². The number of benzene rings is 1. The maximum atomic E-state index is 13.9. The van der Waals surface area contributed by atoms with E-state index in [0.29, 0.717) is 22.7 Å². The van der Waals surface area contributed by atoms with Crippen LogP contribution in [-0.2, 0) is 6.42 Å². The van der Waals surface area contributed by atoms with Crippen LogP contribution in [0.5, 0.6) is 0 Å². The van der Waals surface area contributed by atoms with Crippen LogP contribution in [0.3, 0.4) is 0 Å². The van der Waals surface area contributed by atoms with Gasteiger partial charge in [-0.3, -0.25) is 4.40 Å². The highest BCUT2D eigenvalue weighted by atomic mass is 19.1. The fraction of sp³-hybridized carbons (Fsp3) is 0.105. The van der Waals surface area contributed by atoms with Crippen molar-refractivity contribution in [3.8, 4) is 22.5 Å². The highest BCUT2D eigenvalue weighted by Gasteiger charge is 2.23. The number of pyridine rings is 1. The minimum Gasteiger partial charge on any atom is -0.381 e. The maximum absolute atomic E-state index is 13.9. The van der Waals surface area contributed by atoms with Gasteiger partial charge in [-0.15, -0.1) is 0 Å². The standard InChI is InChI=1S/C19H15FN6/c20-12-3-1-2-11(10-12)15-16(26-9-8-24-19(26)17(21)25-15)13-4-6-22-18-14(13)5-7-23-18/h1-4,6,8-10H,5,7H2,(H2,21,25)(H,22,23). The fourth-order valence-electron chi connectivity index (χ4n) is 3.53. The summed E-state index contributed by atoms with van der Waals surface area (Å²) in [4.78, 5) is 13.3. The van der Waals surface area contributed by atoms with E-state index in [2.05, 4.69) is 20.3 Å². The van der Waals surface area contributed by atoms with Gasteiger partial charge in [-0.1, -0.05) is 12.1 Å². The minimum atomic E-state index is -0.318. The zero-order chi connectivity index (χ0) is 17.7. The number of fused-ring (bicyclic) bond motifs is 2. The van der Waals surface area contributed by atoms with E-state index in [4.69, 9.17) is 5.73 Å². The second-order valence-electron chi connectivity index (χ2n) is 6.19. The van der Waals surface area contributed by atoms with Crippen molar-refractivity contribution in [3.63, 3.8) is 0 Å². The predicted octanol–water partition coefficient (Wildman–Crippen LogP) is 3.15. The molecule has 1 aliphatic heterocycles. The lowest BCUT2D eigenvalue weighted by Gasteiger charge is -2.15. The highest BCUT2D eigenvalue weighted by Crippen LogP contribution is 2.37. The Morgan fingerprint density at radius 1 is 1.15 bits per heavy atom. The van der Waals surface area contributed by atoms with E-state index in [-0.39, 0.29) is 5.82 Å². The summed E-state index contributed by atoms with van der Waals surface area (Å²) in [6, 6.07) is 8.34. The Morgan fingerprint density at radius 3 is 2.96 bits per heavy atom. The van der Waals surface area contributed by atoms with Gasteiger partial charge < -0.3 is 11.1 Å². The summed E-state index contributed by atoms with van der Waals surface area (Å²) in [5.74, 6) is 0.862. The molecule has 1 aromatic carbocycles. The first-order valence-corrected chi connectivity index (χ1v) is 8.33. The first kappa shape index (κ1) is 14.8. The number of imidazole rings is 1. The molecule has 7 heteroatoms. The van der Waals surface area contributed by atoms with Gasteiger partial charge in [0, 0.05) is 41.8 Å². The molecular formula is C19H15FN6. The van der Waals surface area contributed by atoms with Crippen LogP contribution in [0.15, 0.2) is 48.9 Å². The van der Waals surface area contributed by atoms with Gasteiger partial charge in [-0.05, 0) is 24.6 Å². The molecule has 0 spiro atoms. The molecule has 0 saturated heterocycles. The molecule has 128 valence electrons. The van der Waals surface area contributed by atoms with Crippen molar-refractivity contribution in [2.24, 2.45) is 0 Å².